The van der Waals surface area contributed by atoms with Crippen molar-refractivity contribution < 1.29 is 0 Å². The average molecular weight is 332 g/mol. The summed E-state index contributed by atoms with van der Waals surface area (Å²) in [5.41, 5.74) is 7.18. The van der Waals surface area contributed by atoms with Crippen LogP contribution < -0.4 is 10.5 Å². The van der Waals surface area contributed by atoms with Gasteiger partial charge in [0.25, 0.3) is 0 Å². The molecule has 0 unspecified atom stereocenters. The molecular weight excluding hydrogens is 307 g/mol. The number of hydrogen-bond acceptors (Lipinski definition) is 2. The van der Waals surface area contributed by atoms with Crippen LogP contribution in [0.4, 0.5) is 11.4 Å². The van der Waals surface area contributed by atoms with Gasteiger partial charge in [-0.3, -0.25) is 0 Å². The Bertz CT molecular complexity index is 799. The zero-order valence-corrected chi connectivity index (χ0v) is 16.0. The number of allylic oxidation sites excluding steroid dienone is 2. The van der Waals surface area contributed by atoms with Crippen LogP contribution >= 0.6 is 0 Å². The highest BCUT2D eigenvalue weighted by atomic mass is 28.3. The Kier molecular flexibility index (Phi) is 4.73. The fourth-order valence-electron chi connectivity index (χ4n) is 3.05. The number of nitrogens with one attached hydrogen (secondary N) is 2. The van der Waals surface area contributed by atoms with Gasteiger partial charge < -0.3 is 10.5 Å². The van der Waals surface area contributed by atoms with Gasteiger partial charge in [-0.25, -0.2) is 0 Å². The first-order valence-corrected chi connectivity index (χ1v) is 12.2. The van der Waals surface area contributed by atoms with Crippen LogP contribution in [0.3, 0.4) is 0 Å². The van der Waals surface area contributed by atoms with Gasteiger partial charge in [0.2, 0.25) is 0 Å². The highest BCUT2D eigenvalue weighted by Gasteiger charge is 2.26. The first-order valence-electron chi connectivity index (χ1n) is 8.74. The van der Waals surface area contributed by atoms with Crippen molar-refractivity contribution in [3.63, 3.8) is 0 Å². The first kappa shape index (κ1) is 16.7. The molecule has 2 aromatic rings. The zero-order valence-electron chi connectivity index (χ0n) is 15.0. The Balaban J connectivity index is 1.94. The van der Waals surface area contributed by atoms with E-state index in [9.17, 15) is 0 Å². The van der Waals surface area contributed by atoms with E-state index in [2.05, 4.69) is 91.0 Å². The summed E-state index contributed by atoms with van der Waals surface area (Å²) in [5, 5.41) is 9.86. The van der Waals surface area contributed by atoms with Crippen LogP contribution in [-0.2, 0) is 0 Å². The third-order valence-corrected chi connectivity index (χ3v) is 5.01. The minimum Gasteiger partial charge on any atom is -0.405 e. The van der Waals surface area contributed by atoms with Crippen LogP contribution in [-0.4, -0.2) is 15.1 Å². The molecule has 0 bridgehead atoms. The third-order valence-electron chi connectivity index (χ3n) is 4.12. The summed E-state index contributed by atoms with van der Waals surface area (Å²) in [4.78, 5) is 0. The van der Waals surface area contributed by atoms with Crippen LogP contribution in [0.2, 0.25) is 19.6 Å². The lowest BCUT2D eigenvalue weighted by atomic mass is 9.63. The molecule has 1 aliphatic rings. The second-order valence-electron chi connectivity index (χ2n) is 7.42. The van der Waals surface area contributed by atoms with E-state index in [0.717, 1.165) is 12.8 Å². The van der Waals surface area contributed by atoms with E-state index in [0.29, 0.717) is 0 Å². The maximum atomic E-state index is 3.66. The summed E-state index contributed by atoms with van der Waals surface area (Å²) >= 11 is 0. The SMILES string of the molecule is CCC/C(=C\C#C[Si](C)(C)C)B1Nc2cccc3cccc(c23)N1. The van der Waals surface area contributed by atoms with Crippen LogP contribution in [0.5, 0.6) is 0 Å². The van der Waals surface area contributed by atoms with Crippen LogP contribution in [0.25, 0.3) is 10.8 Å². The maximum Gasteiger partial charge on any atom is 0.402 e. The molecule has 0 aliphatic carbocycles. The number of rotatable bonds is 3. The van der Waals surface area contributed by atoms with Crippen molar-refractivity contribution in [2.75, 3.05) is 10.5 Å². The van der Waals surface area contributed by atoms with Crippen LogP contribution in [0, 0.1) is 11.5 Å². The molecule has 2 N–H and O–H groups in total. The molecule has 2 nitrogen and oxygen atoms in total. The van der Waals surface area contributed by atoms with E-state index in [1.807, 2.05) is 0 Å². The topological polar surface area (TPSA) is 24.1 Å². The minimum atomic E-state index is -1.34. The Labute approximate surface area is 146 Å². The number of anilines is 2. The van der Waals surface area contributed by atoms with Crippen molar-refractivity contribution in [2.45, 2.75) is 39.4 Å². The molecule has 3 rings (SSSR count). The van der Waals surface area contributed by atoms with Crippen molar-refractivity contribution in [3.8, 4) is 11.5 Å². The van der Waals surface area contributed by atoms with Crippen molar-refractivity contribution in [3.05, 3.63) is 47.9 Å². The van der Waals surface area contributed by atoms with Crippen molar-refractivity contribution in [2.24, 2.45) is 0 Å². The monoisotopic (exact) mass is 332 g/mol. The third kappa shape index (κ3) is 3.68. The summed E-state index contributed by atoms with van der Waals surface area (Å²) < 4.78 is 0. The molecular formula is C20H25BN2Si. The minimum absolute atomic E-state index is 0.112. The molecule has 0 spiro atoms. The number of hydrogen-bond donors (Lipinski definition) is 2. The van der Waals surface area contributed by atoms with Crippen molar-refractivity contribution in [1.29, 1.82) is 0 Å². The van der Waals surface area contributed by atoms with Gasteiger partial charge in [0.15, 0.2) is 0 Å². The molecule has 0 fully saturated rings. The molecule has 2 aromatic carbocycles. The van der Waals surface area contributed by atoms with Crippen LogP contribution in [0.1, 0.15) is 19.8 Å². The first-order chi connectivity index (χ1) is 11.5. The fourth-order valence-corrected chi connectivity index (χ4v) is 3.55. The van der Waals surface area contributed by atoms with E-state index in [4.69, 9.17) is 0 Å². The highest BCUT2D eigenvalue weighted by Crippen LogP contribution is 2.35. The second-order valence-corrected chi connectivity index (χ2v) is 12.2. The second kappa shape index (κ2) is 6.78. The Morgan fingerprint density at radius 1 is 1.08 bits per heavy atom. The highest BCUT2D eigenvalue weighted by molar-refractivity contribution is 6.84. The molecule has 122 valence electrons. The van der Waals surface area contributed by atoms with Gasteiger partial charge in [0.05, 0.1) is 0 Å². The van der Waals surface area contributed by atoms with Crippen molar-refractivity contribution in [1.82, 2.24) is 0 Å². The standard InChI is InChI=1S/C20H25BN2Si/c1-5-9-17(12-8-15-24(2,3)4)21-22-18-13-6-10-16-11-7-14-19(23-21)20(16)18/h6-7,10-14,22-23H,5,9H2,1-4H3/b17-12+. The molecule has 0 saturated heterocycles. The van der Waals surface area contributed by atoms with Gasteiger partial charge in [-0.1, -0.05) is 63.2 Å². The maximum absolute atomic E-state index is 3.66. The molecule has 24 heavy (non-hydrogen) atoms. The normalized spacial score (nSPS) is 13.8. The zero-order chi connectivity index (χ0) is 17.2. The summed E-state index contributed by atoms with van der Waals surface area (Å²) in [7, 11) is -1.34. The van der Waals surface area contributed by atoms with E-state index in [1.165, 1.54) is 27.6 Å². The quantitative estimate of drug-likeness (QED) is 0.588. The molecule has 0 radical (unpaired) electrons. The van der Waals surface area contributed by atoms with Gasteiger partial charge in [0.1, 0.15) is 8.07 Å². The smallest absolute Gasteiger partial charge is 0.402 e. The fraction of sp³-hybridized carbons (Fsp3) is 0.300. The van der Waals surface area contributed by atoms with Gasteiger partial charge in [0, 0.05) is 16.8 Å². The predicted octanol–water partition coefficient (Wildman–Crippen LogP) is 5.31. The van der Waals surface area contributed by atoms with Gasteiger partial charge in [-0.2, -0.15) is 0 Å². The summed E-state index contributed by atoms with van der Waals surface area (Å²) in [6.45, 7) is 9.17. The van der Waals surface area contributed by atoms with Gasteiger partial charge >= 0.3 is 6.98 Å². The molecule has 0 aromatic heterocycles. The number of benzene rings is 2. The molecule has 4 heteroatoms. The lowest BCUT2D eigenvalue weighted by molar-refractivity contribution is 0.940. The summed E-state index contributed by atoms with van der Waals surface area (Å²) in [5.74, 6) is 3.33. The Morgan fingerprint density at radius 2 is 1.71 bits per heavy atom. The van der Waals surface area contributed by atoms with Crippen molar-refractivity contribution >= 4 is 37.2 Å². The Hall–Kier alpha value is -2.12. The van der Waals surface area contributed by atoms with Gasteiger partial charge in [-0.15, -0.1) is 5.54 Å². The summed E-state index contributed by atoms with van der Waals surface area (Å²) in [6, 6.07) is 12.9. The van der Waals surface area contributed by atoms with Crippen LogP contribution in [0.15, 0.2) is 47.9 Å². The molecule has 0 amide bonds. The van der Waals surface area contributed by atoms with Gasteiger partial charge in [-0.05, 0) is 35.5 Å². The largest absolute Gasteiger partial charge is 0.405 e. The Morgan fingerprint density at radius 3 is 2.25 bits per heavy atom. The molecule has 1 heterocycles. The van der Waals surface area contributed by atoms with E-state index in [-0.39, 0.29) is 6.98 Å². The summed E-state index contributed by atoms with van der Waals surface area (Å²) in [6.07, 6.45) is 4.29. The van der Waals surface area contributed by atoms with E-state index >= 15 is 0 Å². The van der Waals surface area contributed by atoms with E-state index < -0.39 is 8.07 Å². The lowest BCUT2D eigenvalue weighted by Gasteiger charge is -2.28. The average Bonchev–Trinajstić information content (AvgIpc) is 2.53. The predicted molar refractivity (Wildman–Crippen MR) is 111 cm³/mol. The van der Waals surface area contributed by atoms with E-state index in [1.54, 1.807) is 0 Å². The lowest BCUT2D eigenvalue weighted by Crippen LogP contribution is -2.39. The molecule has 1 aliphatic heterocycles. The molecule has 0 atom stereocenters. The molecule has 0 saturated carbocycles.